The molecule has 0 N–H and O–H groups in total. The van der Waals surface area contributed by atoms with Gasteiger partial charge >= 0.3 is 18.0 Å². The zero-order valence-electron chi connectivity index (χ0n) is 19.8. The summed E-state index contributed by atoms with van der Waals surface area (Å²) in [7, 11) is 0. The number of carbonyl (C=O) groups excluding carboxylic acids is 4. The number of hydrogen-bond donors (Lipinski definition) is 0. The third kappa shape index (κ3) is 6.14. The lowest BCUT2D eigenvalue weighted by atomic mass is 9.91. The Hall–Kier alpha value is -5.06. The second-order valence-corrected chi connectivity index (χ2v) is 7.19. The molecule has 0 aliphatic rings. The van der Waals surface area contributed by atoms with Crippen molar-refractivity contribution in [2.45, 2.75) is 13.8 Å². The minimum absolute atomic E-state index is 0.0221. The molecule has 0 aliphatic carbocycles. The summed E-state index contributed by atoms with van der Waals surface area (Å²) in [4.78, 5) is 62.6. The summed E-state index contributed by atoms with van der Waals surface area (Å²) in [5.41, 5.74) is -2.07. The van der Waals surface area contributed by atoms with Crippen LogP contribution < -0.4 is 9.47 Å². The molecule has 0 aromatic heterocycles. The van der Waals surface area contributed by atoms with E-state index in [1.165, 1.54) is 50.2 Å². The van der Waals surface area contributed by atoms with E-state index in [1.807, 2.05) is 0 Å². The molecule has 0 amide bonds. The van der Waals surface area contributed by atoms with E-state index in [0.29, 0.717) is 0 Å². The fourth-order valence-electron chi connectivity index (χ4n) is 3.33. The number of benzene rings is 3. The van der Waals surface area contributed by atoms with Gasteiger partial charge < -0.3 is 18.9 Å². The van der Waals surface area contributed by atoms with Crippen molar-refractivity contribution in [3.63, 3.8) is 0 Å². The zero-order valence-corrected chi connectivity index (χ0v) is 19.8. The topological polar surface area (TPSA) is 148 Å². The van der Waals surface area contributed by atoms with E-state index >= 15 is 0 Å². The summed E-state index contributed by atoms with van der Waals surface area (Å²) < 4.78 is 19.5. The van der Waals surface area contributed by atoms with Gasteiger partial charge in [-0.3, -0.25) is 19.7 Å². The highest BCUT2D eigenvalue weighted by molar-refractivity contribution is 6.22. The Morgan fingerprint density at radius 1 is 0.757 bits per heavy atom. The summed E-state index contributed by atoms with van der Waals surface area (Å²) >= 11 is 0. The SMILES string of the molecule is CCOC(=O)Oc1cc(C(=O)c2ccccc2)c(C(=O)c2ccccc2)c([N+](=O)[O-])c1OC(=O)OCC. The van der Waals surface area contributed by atoms with Crippen molar-refractivity contribution in [2.75, 3.05) is 13.2 Å². The third-order valence-corrected chi connectivity index (χ3v) is 4.85. The smallest absolute Gasteiger partial charge is 0.434 e. The molecule has 37 heavy (non-hydrogen) atoms. The van der Waals surface area contributed by atoms with Crippen LogP contribution in [0.25, 0.3) is 0 Å². The average Bonchev–Trinajstić information content (AvgIpc) is 2.89. The number of nitrogens with zero attached hydrogens (tertiary/aromatic N) is 1. The first kappa shape index (κ1) is 26.5. The second kappa shape index (κ2) is 12.1. The third-order valence-electron chi connectivity index (χ3n) is 4.85. The van der Waals surface area contributed by atoms with Gasteiger partial charge in [0.2, 0.25) is 5.78 Å². The molecular weight excluding hydrogens is 486 g/mol. The van der Waals surface area contributed by atoms with Crippen LogP contribution in [0.15, 0.2) is 66.7 Å². The quantitative estimate of drug-likeness (QED) is 0.125. The predicted molar refractivity (Wildman–Crippen MR) is 128 cm³/mol. The van der Waals surface area contributed by atoms with Crippen LogP contribution in [-0.2, 0) is 9.47 Å². The summed E-state index contributed by atoms with van der Waals surface area (Å²) in [5, 5.41) is 12.3. The van der Waals surface area contributed by atoms with E-state index in [-0.39, 0.29) is 24.3 Å². The molecular formula is C26H21NO10. The lowest BCUT2D eigenvalue weighted by molar-refractivity contribution is -0.386. The first-order valence-corrected chi connectivity index (χ1v) is 11.0. The van der Waals surface area contributed by atoms with Gasteiger partial charge in [-0.15, -0.1) is 0 Å². The number of carbonyl (C=O) groups is 4. The molecule has 0 saturated carbocycles. The molecule has 0 spiro atoms. The molecule has 11 heteroatoms. The van der Waals surface area contributed by atoms with E-state index < -0.39 is 57.1 Å². The molecule has 0 aliphatic heterocycles. The Morgan fingerprint density at radius 2 is 1.24 bits per heavy atom. The lowest BCUT2D eigenvalue weighted by Gasteiger charge is -2.16. The molecule has 0 radical (unpaired) electrons. The van der Waals surface area contributed by atoms with Gasteiger partial charge in [0.15, 0.2) is 11.5 Å². The molecule has 3 aromatic carbocycles. The van der Waals surface area contributed by atoms with Crippen molar-refractivity contribution in [2.24, 2.45) is 0 Å². The first-order chi connectivity index (χ1) is 17.8. The van der Waals surface area contributed by atoms with Crippen LogP contribution in [0.4, 0.5) is 15.3 Å². The van der Waals surface area contributed by atoms with Crippen molar-refractivity contribution in [3.05, 3.63) is 99.1 Å². The maximum absolute atomic E-state index is 13.6. The maximum atomic E-state index is 13.6. The minimum Gasteiger partial charge on any atom is -0.434 e. The minimum atomic E-state index is -1.36. The zero-order chi connectivity index (χ0) is 26.9. The van der Waals surface area contributed by atoms with Crippen molar-refractivity contribution >= 4 is 29.6 Å². The number of hydrogen-bond acceptors (Lipinski definition) is 10. The molecule has 0 bridgehead atoms. The second-order valence-electron chi connectivity index (χ2n) is 7.19. The summed E-state index contributed by atoms with van der Waals surface area (Å²) in [6.07, 6.45) is -2.65. The highest BCUT2D eigenvalue weighted by atomic mass is 16.7. The van der Waals surface area contributed by atoms with Crippen molar-refractivity contribution < 1.29 is 43.0 Å². The van der Waals surface area contributed by atoms with Crippen LogP contribution in [0.3, 0.4) is 0 Å². The fraction of sp³-hybridized carbons (Fsp3) is 0.154. The molecule has 0 atom stereocenters. The Labute approximate surface area is 210 Å². The van der Waals surface area contributed by atoms with Gasteiger partial charge in [-0.2, -0.15) is 0 Å². The molecule has 3 aromatic rings. The van der Waals surface area contributed by atoms with E-state index in [9.17, 15) is 29.3 Å². The average molecular weight is 507 g/mol. The van der Waals surface area contributed by atoms with Crippen molar-refractivity contribution in [1.82, 2.24) is 0 Å². The Bertz CT molecular complexity index is 1340. The van der Waals surface area contributed by atoms with E-state index in [4.69, 9.17) is 18.9 Å². The Morgan fingerprint density at radius 3 is 1.73 bits per heavy atom. The maximum Gasteiger partial charge on any atom is 0.514 e. The van der Waals surface area contributed by atoms with E-state index in [0.717, 1.165) is 6.07 Å². The van der Waals surface area contributed by atoms with Crippen molar-refractivity contribution in [1.29, 1.82) is 0 Å². The van der Waals surface area contributed by atoms with Gasteiger partial charge in [0, 0.05) is 16.7 Å². The van der Waals surface area contributed by atoms with Crippen molar-refractivity contribution in [3.8, 4) is 11.5 Å². The molecule has 0 fully saturated rings. The predicted octanol–water partition coefficient (Wildman–Crippen LogP) is 5.13. The number of rotatable bonds is 9. The molecule has 190 valence electrons. The van der Waals surface area contributed by atoms with Gasteiger partial charge in [-0.1, -0.05) is 60.7 Å². The highest BCUT2D eigenvalue weighted by Crippen LogP contribution is 2.44. The van der Waals surface area contributed by atoms with Gasteiger partial charge in [0.1, 0.15) is 5.56 Å². The molecule has 0 heterocycles. The molecule has 11 nitrogen and oxygen atoms in total. The van der Waals surface area contributed by atoms with Crippen LogP contribution in [-0.4, -0.2) is 42.0 Å². The lowest BCUT2D eigenvalue weighted by Crippen LogP contribution is -2.19. The fourth-order valence-corrected chi connectivity index (χ4v) is 3.33. The Balaban J connectivity index is 2.39. The van der Waals surface area contributed by atoms with E-state index in [1.54, 1.807) is 24.3 Å². The summed E-state index contributed by atoms with van der Waals surface area (Å²) in [6.45, 7) is 2.72. The number of ketones is 2. The molecule has 0 saturated heterocycles. The van der Waals surface area contributed by atoms with E-state index in [2.05, 4.69) is 0 Å². The van der Waals surface area contributed by atoms with Gasteiger partial charge in [0.25, 0.3) is 5.75 Å². The largest absolute Gasteiger partial charge is 0.514 e. The van der Waals surface area contributed by atoms with Gasteiger partial charge in [-0.05, 0) is 19.9 Å². The monoisotopic (exact) mass is 507 g/mol. The number of nitro benzene ring substituents is 1. The van der Waals surface area contributed by atoms with Crippen LogP contribution in [0.5, 0.6) is 11.5 Å². The normalized spacial score (nSPS) is 10.2. The number of nitro groups is 1. The van der Waals surface area contributed by atoms with Crippen LogP contribution in [0, 0.1) is 10.1 Å². The summed E-state index contributed by atoms with van der Waals surface area (Å²) in [6, 6.07) is 16.1. The summed E-state index contributed by atoms with van der Waals surface area (Å²) in [5.74, 6) is -3.27. The highest BCUT2D eigenvalue weighted by Gasteiger charge is 2.38. The van der Waals surface area contributed by atoms with Crippen LogP contribution >= 0.6 is 0 Å². The molecule has 0 unspecified atom stereocenters. The van der Waals surface area contributed by atoms with Gasteiger partial charge in [0.05, 0.1) is 18.1 Å². The molecule has 3 rings (SSSR count). The van der Waals surface area contributed by atoms with Crippen LogP contribution in [0.2, 0.25) is 0 Å². The van der Waals surface area contributed by atoms with Crippen LogP contribution in [0.1, 0.15) is 45.7 Å². The standard InChI is InChI=1S/C26H21NO10/c1-3-34-25(30)36-19-15-18(22(28)16-11-7-5-8-12-16)20(23(29)17-13-9-6-10-14-17)21(27(32)33)24(19)37-26(31)35-4-2/h5-15H,3-4H2,1-2H3. The number of ether oxygens (including phenoxy) is 4. The Kier molecular flexibility index (Phi) is 8.66. The first-order valence-electron chi connectivity index (χ1n) is 11.0. The van der Waals surface area contributed by atoms with Gasteiger partial charge in [-0.25, -0.2) is 9.59 Å².